The first-order chi connectivity index (χ1) is 10.9. The van der Waals surface area contributed by atoms with E-state index in [-0.39, 0.29) is 6.10 Å². The van der Waals surface area contributed by atoms with Crippen LogP contribution < -0.4 is 0 Å². The number of esters is 1. The van der Waals surface area contributed by atoms with Gasteiger partial charge in [-0.3, -0.25) is 0 Å². The number of carbonyl (C=O) groups is 1. The van der Waals surface area contributed by atoms with Crippen molar-refractivity contribution in [2.45, 2.75) is 18.6 Å². The van der Waals surface area contributed by atoms with Crippen molar-refractivity contribution in [3.63, 3.8) is 0 Å². The Morgan fingerprint density at radius 2 is 1.48 bits per heavy atom. The normalized spacial score (nSPS) is 12.9. The van der Waals surface area contributed by atoms with Crippen LogP contribution in [0.15, 0.2) is 60.7 Å². The van der Waals surface area contributed by atoms with E-state index in [1.807, 2.05) is 38.1 Å². The van der Waals surface area contributed by atoms with Crippen molar-refractivity contribution >= 4 is 5.97 Å². The lowest BCUT2D eigenvalue weighted by Crippen LogP contribution is -2.41. The third-order valence-electron chi connectivity index (χ3n) is 3.61. The van der Waals surface area contributed by atoms with Crippen LogP contribution >= 0.6 is 0 Å². The predicted octanol–water partition coefficient (Wildman–Crippen LogP) is 2.42. The van der Waals surface area contributed by atoms with Crippen LogP contribution in [0.3, 0.4) is 0 Å². The molecule has 0 aliphatic heterocycles. The summed E-state index contributed by atoms with van der Waals surface area (Å²) in [5.41, 5.74) is -0.829. The second kappa shape index (κ2) is 7.40. The number of aliphatic hydroxyl groups is 1. The molecule has 0 bridgehead atoms. The standard InChI is InChI=1S/C19H23NO3/c1-15(14-20(2)3)23-18(21)19(22,16-10-6-4-7-11-16)17-12-8-5-9-13-17/h4-13,15,22H,14H2,1-3H3/t15-/m0/s1. The maximum absolute atomic E-state index is 12.8. The van der Waals surface area contributed by atoms with Crippen LogP contribution in [-0.2, 0) is 15.1 Å². The molecule has 0 saturated carbocycles. The van der Waals surface area contributed by atoms with Gasteiger partial charge in [0.05, 0.1) is 0 Å². The molecule has 4 nitrogen and oxygen atoms in total. The molecule has 0 aliphatic rings. The zero-order valence-corrected chi connectivity index (χ0v) is 13.8. The number of rotatable bonds is 6. The Kier molecular flexibility index (Phi) is 5.53. The van der Waals surface area contributed by atoms with E-state index in [9.17, 15) is 9.90 Å². The molecule has 0 aromatic heterocycles. The van der Waals surface area contributed by atoms with Gasteiger partial charge in [0.2, 0.25) is 5.60 Å². The van der Waals surface area contributed by atoms with E-state index in [0.717, 1.165) is 0 Å². The number of hydrogen-bond donors (Lipinski definition) is 1. The molecule has 2 aromatic carbocycles. The second-order valence-electron chi connectivity index (χ2n) is 5.92. The Balaban J connectivity index is 2.37. The highest BCUT2D eigenvalue weighted by Crippen LogP contribution is 2.31. The SMILES string of the molecule is C[C@@H](CN(C)C)OC(=O)C(O)(c1ccccc1)c1ccccc1. The average Bonchev–Trinajstić information content (AvgIpc) is 2.54. The van der Waals surface area contributed by atoms with E-state index in [1.54, 1.807) is 48.5 Å². The minimum Gasteiger partial charge on any atom is -0.459 e. The molecule has 0 aliphatic carbocycles. The van der Waals surface area contributed by atoms with Crippen LogP contribution in [0.25, 0.3) is 0 Å². The zero-order chi connectivity index (χ0) is 16.9. The predicted molar refractivity (Wildman–Crippen MR) is 90.0 cm³/mol. The van der Waals surface area contributed by atoms with Gasteiger partial charge in [0.15, 0.2) is 0 Å². The Morgan fingerprint density at radius 3 is 1.87 bits per heavy atom. The molecule has 0 unspecified atom stereocenters. The Hall–Kier alpha value is -2.17. The number of ether oxygens (including phenoxy) is 1. The summed E-state index contributed by atoms with van der Waals surface area (Å²) >= 11 is 0. The quantitative estimate of drug-likeness (QED) is 0.832. The summed E-state index contributed by atoms with van der Waals surface area (Å²) in [4.78, 5) is 14.7. The molecule has 0 fully saturated rings. The minimum atomic E-state index is -1.82. The lowest BCUT2D eigenvalue weighted by atomic mass is 9.86. The van der Waals surface area contributed by atoms with E-state index in [0.29, 0.717) is 17.7 Å². The van der Waals surface area contributed by atoms with Crippen molar-refractivity contribution in [3.05, 3.63) is 71.8 Å². The summed E-state index contributed by atoms with van der Waals surface area (Å²) in [6, 6.07) is 17.8. The zero-order valence-electron chi connectivity index (χ0n) is 13.8. The van der Waals surface area contributed by atoms with Gasteiger partial charge < -0.3 is 14.7 Å². The van der Waals surface area contributed by atoms with Crippen molar-refractivity contribution in [2.75, 3.05) is 20.6 Å². The van der Waals surface area contributed by atoms with Gasteiger partial charge in [-0.2, -0.15) is 0 Å². The monoisotopic (exact) mass is 313 g/mol. The molecular weight excluding hydrogens is 290 g/mol. The van der Waals surface area contributed by atoms with E-state index in [2.05, 4.69) is 0 Å². The third-order valence-corrected chi connectivity index (χ3v) is 3.61. The number of hydrogen-bond acceptors (Lipinski definition) is 4. The Morgan fingerprint density at radius 1 is 1.04 bits per heavy atom. The fourth-order valence-corrected chi connectivity index (χ4v) is 2.58. The van der Waals surface area contributed by atoms with Crippen molar-refractivity contribution in [1.82, 2.24) is 4.90 Å². The summed E-state index contributed by atoms with van der Waals surface area (Å²) in [6.07, 6.45) is -0.323. The first-order valence-corrected chi connectivity index (χ1v) is 7.64. The fourth-order valence-electron chi connectivity index (χ4n) is 2.58. The second-order valence-corrected chi connectivity index (χ2v) is 5.92. The number of benzene rings is 2. The van der Waals surface area contributed by atoms with Gasteiger partial charge in [-0.05, 0) is 32.1 Å². The smallest absolute Gasteiger partial charge is 0.348 e. The van der Waals surface area contributed by atoms with E-state index < -0.39 is 11.6 Å². The molecule has 4 heteroatoms. The van der Waals surface area contributed by atoms with Crippen LogP contribution in [0.4, 0.5) is 0 Å². The van der Waals surface area contributed by atoms with Crippen LogP contribution in [0, 0.1) is 0 Å². The Labute approximate surface area is 137 Å². The number of likely N-dealkylation sites (N-methyl/N-ethyl adjacent to an activating group) is 1. The fraction of sp³-hybridized carbons (Fsp3) is 0.316. The van der Waals surface area contributed by atoms with Gasteiger partial charge in [0.1, 0.15) is 6.10 Å². The molecule has 2 rings (SSSR count). The van der Waals surface area contributed by atoms with Gasteiger partial charge in [0, 0.05) is 6.54 Å². The van der Waals surface area contributed by atoms with Crippen LogP contribution in [0.5, 0.6) is 0 Å². The summed E-state index contributed by atoms with van der Waals surface area (Å²) in [7, 11) is 3.82. The van der Waals surface area contributed by atoms with Crippen molar-refractivity contribution in [2.24, 2.45) is 0 Å². The minimum absolute atomic E-state index is 0.323. The highest BCUT2D eigenvalue weighted by atomic mass is 16.6. The molecule has 0 radical (unpaired) electrons. The topological polar surface area (TPSA) is 49.8 Å². The molecule has 0 spiro atoms. The first kappa shape index (κ1) is 17.2. The molecule has 0 saturated heterocycles. The largest absolute Gasteiger partial charge is 0.459 e. The van der Waals surface area contributed by atoms with Gasteiger partial charge in [-0.25, -0.2) is 4.79 Å². The summed E-state index contributed by atoms with van der Waals surface area (Å²) < 4.78 is 5.50. The lowest BCUT2D eigenvalue weighted by molar-refractivity contribution is -0.167. The van der Waals surface area contributed by atoms with Crippen molar-refractivity contribution in [3.8, 4) is 0 Å². The molecule has 23 heavy (non-hydrogen) atoms. The van der Waals surface area contributed by atoms with Crippen molar-refractivity contribution in [1.29, 1.82) is 0 Å². The molecule has 0 heterocycles. The first-order valence-electron chi connectivity index (χ1n) is 7.64. The van der Waals surface area contributed by atoms with E-state index in [4.69, 9.17) is 4.74 Å². The van der Waals surface area contributed by atoms with Crippen LogP contribution in [0.2, 0.25) is 0 Å². The lowest BCUT2D eigenvalue weighted by Gasteiger charge is -2.29. The highest BCUT2D eigenvalue weighted by molar-refractivity contribution is 5.85. The Bertz CT molecular complexity index is 586. The molecule has 2 aromatic rings. The summed E-state index contributed by atoms with van der Waals surface area (Å²) in [5.74, 6) is -0.663. The third kappa shape index (κ3) is 3.97. The van der Waals surface area contributed by atoms with Gasteiger partial charge >= 0.3 is 5.97 Å². The molecular formula is C19H23NO3. The van der Waals surface area contributed by atoms with Crippen LogP contribution in [0.1, 0.15) is 18.1 Å². The molecule has 1 atom stereocenters. The van der Waals surface area contributed by atoms with Crippen LogP contribution in [-0.4, -0.2) is 42.7 Å². The number of carbonyl (C=O) groups excluding carboxylic acids is 1. The summed E-state index contributed by atoms with van der Waals surface area (Å²) in [5, 5.41) is 11.2. The maximum atomic E-state index is 12.8. The van der Waals surface area contributed by atoms with Crippen molar-refractivity contribution < 1.29 is 14.6 Å². The van der Waals surface area contributed by atoms with E-state index >= 15 is 0 Å². The maximum Gasteiger partial charge on any atom is 0.348 e. The van der Waals surface area contributed by atoms with Gasteiger partial charge in [-0.15, -0.1) is 0 Å². The highest BCUT2D eigenvalue weighted by Gasteiger charge is 2.42. The average molecular weight is 313 g/mol. The molecule has 122 valence electrons. The number of nitrogens with zero attached hydrogens (tertiary/aromatic N) is 1. The molecule has 1 N–H and O–H groups in total. The molecule has 0 amide bonds. The van der Waals surface area contributed by atoms with Gasteiger partial charge in [-0.1, -0.05) is 60.7 Å². The van der Waals surface area contributed by atoms with E-state index in [1.165, 1.54) is 0 Å². The summed E-state index contributed by atoms with van der Waals surface area (Å²) in [6.45, 7) is 2.40. The van der Waals surface area contributed by atoms with Gasteiger partial charge in [0.25, 0.3) is 0 Å².